The Morgan fingerprint density at radius 2 is 2.24 bits per heavy atom. The van der Waals surface area contributed by atoms with Crippen molar-refractivity contribution in [2.45, 2.75) is 25.5 Å². The molecule has 0 radical (unpaired) electrons. The number of methoxy groups -OCH3 is 1. The first-order valence-electron chi connectivity index (χ1n) is 6.06. The van der Waals surface area contributed by atoms with Crippen LogP contribution in [-0.4, -0.2) is 43.3 Å². The quantitative estimate of drug-likeness (QED) is 0.838. The van der Waals surface area contributed by atoms with Crippen molar-refractivity contribution in [3.05, 3.63) is 18.0 Å². The molecule has 0 aliphatic carbocycles. The number of ether oxygens (including phenoxy) is 1. The van der Waals surface area contributed by atoms with E-state index in [1.165, 1.54) is 0 Å². The van der Waals surface area contributed by atoms with Gasteiger partial charge in [-0.1, -0.05) is 0 Å². The van der Waals surface area contributed by atoms with Crippen molar-refractivity contribution in [3.8, 4) is 0 Å². The molecule has 0 amide bonds. The third-order valence-corrected chi connectivity index (χ3v) is 3.07. The zero-order chi connectivity index (χ0) is 12.1. The van der Waals surface area contributed by atoms with E-state index in [0.29, 0.717) is 6.10 Å². The smallest absolute Gasteiger partial charge is 0.225 e. The molecule has 94 valence electrons. The maximum absolute atomic E-state index is 5.40. The average Bonchev–Trinajstić information content (AvgIpc) is 2.40. The van der Waals surface area contributed by atoms with Crippen molar-refractivity contribution in [2.24, 2.45) is 0 Å². The van der Waals surface area contributed by atoms with Crippen LogP contribution in [0, 0.1) is 0 Å². The second kappa shape index (κ2) is 5.93. The van der Waals surface area contributed by atoms with Gasteiger partial charge in [-0.15, -0.1) is 0 Å². The van der Waals surface area contributed by atoms with E-state index in [0.717, 1.165) is 44.0 Å². The first-order chi connectivity index (χ1) is 8.33. The summed E-state index contributed by atoms with van der Waals surface area (Å²) in [7, 11) is 3.69. The highest BCUT2D eigenvalue weighted by atomic mass is 16.5. The van der Waals surface area contributed by atoms with Crippen LogP contribution in [0.5, 0.6) is 0 Å². The third-order valence-electron chi connectivity index (χ3n) is 3.07. The Hall–Kier alpha value is -1.20. The highest BCUT2D eigenvalue weighted by molar-refractivity contribution is 5.30. The minimum atomic E-state index is 0.310. The van der Waals surface area contributed by atoms with Gasteiger partial charge in [0.1, 0.15) is 0 Å². The van der Waals surface area contributed by atoms with Gasteiger partial charge < -0.3 is 15.0 Å². The summed E-state index contributed by atoms with van der Waals surface area (Å²) in [5.41, 5.74) is 1.11. The van der Waals surface area contributed by atoms with Crippen molar-refractivity contribution in [3.63, 3.8) is 0 Å². The van der Waals surface area contributed by atoms with Gasteiger partial charge >= 0.3 is 0 Å². The lowest BCUT2D eigenvalue weighted by Gasteiger charge is -2.31. The Kier molecular flexibility index (Phi) is 4.28. The van der Waals surface area contributed by atoms with Crippen LogP contribution in [0.4, 0.5) is 5.95 Å². The second-order valence-electron chi connectivity index (χ2n) is 4.37. The largest absolute Gasteiger partial charge is 0.380 e. The van der Waals surface area contributed by atoms with Crippen LogP contribution in [0.25, 0.3) is 0 Å². The molecular formula is C12H20N4O. The molecule has 1 aromatic heterocycles. The van der Waals surface area contributed by atoms with Crippen molar-refractivity contribution in [2.75, 3.05) is 32.1 Å². The number of rotatable bonds is 4. The summed E-state index contributed by atoms with van der Waals surface area (Å²) >= 11 is 0. The molecular weight excluding hydrogens is 216 g/mol. The van der Waals surface area contributed by atoms with Crippen molar-refractivity contribution < 1.29 is 4.74 Å². The van der Waals surface area contributed by atoms with Crippen LogP contribution in [0.2, 0.25) is 0 Å². The molecule has 0 bridgehead atoms. The molecule has 0 spiro atoms. The van der Waals surface area contributed by atoms with Gasteiger partial charge in [0.2, 0.25) is 5.95 Å². The Labute approximate surface area is 102 Å². The molecule has 0 saturated carbocycles. The average molecular weight is 236 g/mol. The molecule has 1 fully saturated rings. The molecule has 2 heterocycles. The predicted octanol–water partition coefficient (Wildman–Crippen LogP) is 0.811. The van der Waals surface area contributed by atoms with E-state index < -0.39 is 0 Å². The zero-order valence-corrected chi connectivity index (χ0v) is 10.5. The molecule has 1 aliphatic heterocycles. The summed E-state index contributed by atoms with van der Waals surface area (Å²) < 4.78 is 5.40. The summed E-state index contributed by atoms with van der Waals surface area (Å²) in [6, 6.07) is 0. The number of nitrogens with zero attached hydrogens (tertiary/aromatic N) is 3. The molecule has 1 aromatic rings. The number of anilines is 1. The van der Waals surface area contributed by atoms with Crippen LogP contribution >= 0.6 is 0 Å². The summed E-state index contributed by atoms with van der Waals surface area (Å²) in [6.07, 6.45) is 6.35. The molecule has 2 rings (SSSR count). The summed E-state index contributed by atoms with van der Waals surface area (Å²) in [5, 5.41) is 3.09. The SMILES string of the molecule is CNCc1cnc(N2CCCC(OC)C2)nc1. The lowest BCUT2D eigenvalue weighted by Crippen LogP contribution is -2.40. The lowest BCUT2D eigenvalue weighted by atomic mass is 10.1. The lowest BCUT2D eigenvalue weighted by molar-refractivity contribution is 0.0889. The molecule has 1 atom stereocenters. The molecule has 0 aromatic carbocycles. The van der Waals surface area contributed by atoms with Gasteiger partial charge in [-0.2, -0.15) is 0 Å². The molecule has 17 heavy (non-hydrogen) atoms. The number of hydrogen-bond acceptors (Lipinski definition) is 5. The molecule has 1 saturated heterocycles. The van der Waals surface area contributed by atoms with Gasteiger partial charge in [0.05, 0.1) is 6.10 Å². The summed E-state index contributed by atoms with van der Waals surface area (Å²) in [5.74, 6) is 0.812. The van der Waals surface area contributed by atoms with E-state index in [9.17, 15) is 0 Å². The number of piperidine rings is 1. The minimum absolute atomic E-state index is 0.310. The van der Waals surface area contributed by atoms with Gasteiger partial charge in [0.15, 0.2) is 0 Å². The fourth-order valence-corrected chi connectivity index (χ4v) is 2.12. The van der Waals surface area contributed by atoms with Gasteiger partial charge in [0, 0.05) is 44.7 Å². The Bertz CT molecular complexity index is 341. The number of nitrogens with one attached hydrogen (secondary N) is 1. The van der Waals surface area contributed by atoms with Crippen LogP contribution in [0.15, 0.2) is 12.4 Å². The highest BCUT2D eigenvalue weighted by Gasteiger charge is 2.21. The third kappa shape index (κ3) is 3.14. The fourth-order valence-electron chi connectivity index (χ4n) is 2.12. The molecule has 1 aliphatic rings. The Morgan fingerprint density at radius 1 is 1.47 bits per heavy atom. The number of hydrogen-bond donors (Lipinski definition) is 1. The maximum atomic E-state index is 5.40. The Balaban J connectivity index is 2.01. The standard InChI is InChI=1S/C12H20N4O/c1-13-6-10-7-14-12(15-8-10)16-5-3-4-11(9-16)17-2/h7-8,11,13H,3-6,9H2,1-2H3. The normalized spacial score (nSPS) is 20.6. The van der Waals surface area contributed by atoms with E-state index in [2.05, 4.69) is 20.2 Å². The zero-order valence-electron chi connectivity index (χ0n) is 10.5. The minimum Gasteiger partial charge on any atom is -0.380 e. The van der Waals surface area contributed by atoms with Crippen molar-refractivity contribution in [1.29, 1.82) is 0 Å². The van der Waals surface area contributed by atoms with Crippen molar-refractivity contribution >= 4 is 5.95 Å². The van der Waals surface area contributed by atoms with Crippen LogP contribution < -0.4 is 10.2 Å². The monoisotopic (exact) mass is 236 g/mol. The maximum Gasteiger partial charge on any atom is 0.225 e. The molecule has 1 unspecified atom stereocenters. The van der Waals surface area contributed by atoms with Crippen molar-refractivity contribution in [1.82, 2.24) is 15.3 Å². The van der Waals surface area contributed by atoms with Gasteiger partial charge in [0.25, 0.3) is 0 Å². The summed E-state index contributed by atoms with van der Waals surface area (Å²) in [4.78, 5) is 11.0. The fraction of sp³-hybridized carbons (Fsp3) is 0.667. The highest BCUT2D eigenvalue weighted by Crippen LogP contribution is 2.17. The van der Waals surface area contributed by atoms with E-state index in [-0.39, 0.29) is 0 Å². The van der Waals surface area contributed by atoms with Crippen LogP contribution in [-0.2, 0) is 11.3 Å². The first kappa shape index (κ1) is 12.3. The van der Waals surface area contributed by atoms with E-state index in [1.807, 2.05) is 19.4 Å². The van der Waals surface area contributed by atoms with Crippen LogP contribution in [0.3, 0.4) is 0 Å². The molecule has 1 N–H and O–H groups in total. The number of aromatic nitrogens is 2. The van der Waals surface area contributed by atoms with E-state index >= 15 is 0 Å². The molecule has 5 nitrogen and oxygen atoms in total. The van der Waals surface area contributed by atoms with Crippen LogP contribution in [0.1, 0.15) is 18.4 Å². The topological polar surface area (TPSA) is 50.3 Å². The predicted molar refractivity (Wildman–Crippen MR) is 67.0 cm³/mol. The van der Waals surface area contributed by atoms with Gasteiger partial charge in [-0.05, 0) is 19.9 Å². The second-order valence-corrected chi connectivity index (χ2v) is 4.37. The van der Waals surface area contributed by atoms with Gasteiger partial charge in [-0.3, -0.25) is 0 Å². The first-order valence-corrected chi connectivity index (χ1v) is 6.06. The van der Waals surface area contributed by atoms with E-state index in [1.54, 1.807) is 7.11 Å². The molecule has 5 heteroatoms. The summed E-state index contributed by atoms with van der Waals surface area (Å²) in [6.45, 7) is 2.72. The van der Waals surface area contributed by atoms with E-state index in [4.69, 9.17) is 4.74 Å². The van der Waals surface area contributed by atoms with Gasteiger partial charge in [-0.25, -0.2) is 9.97 Å². The Morgan fingerprint density at radius 3 is 2.88 bits per heavy atom.